The van der Waals surface area contributed by atoms with Crippen LogP contribution in [0.3, 0.4) is 0 Å². The Morgan fingerprint density at radius 1 is 1.59 bits per heavy atom. The van der Waals surface area contributed by atoms with Crippen LogP contribution in [0.25, 0.3) is 0 Å². The number of urea groups is 1. The second-order valence-corrected chi connectivity index (χ2v) is 6.30. The van der Waals surface area contributed by atoms with Crippen LogP contribution in [0.5, 0.6) is 0 Å². The van der Waals surface area contributed by atoms with E-state index in [4.69, 9.17) is 5.11 Å². The van der Waals surface area contributed by atoms with E-state index in [2.05, 4.69) is 23.3 Å². The molecular formula is C10H16N2O3S2. The Balaban J connectivity index is 1.73. The summed E-state index contributed by atoms with van der Waals surface area (Å²) in [6.07, 6.45) is 2.34. The van der Waals surface area contributed by atoms with Gasteiger partial charge in [-0.1, -0.05) is 6.42 Å². The standard InChI is InChI=1S/C10H16N2O3S2/c13-9(14)6(16)2-1-3-7-8-5(4-17-7)11-10(15)12-8/h5-8,16H,1-4H2,(H,13,14)(H2,11,12,15)/t5-,6?,7-,8-/m0/s1. The van der Waals surface area contributed by atoms with E-state index >= 15 is 0 Å². The normalized spacial score (nSPS) is 32.8. The van der Waals surface area contributed by atoms with E-state index in [0.717, 1.165) is 18.6 Å². The first-order valence-corrected chi connectivity index (χ1v) is 7.24. The van der Waals surface area contributed by atoms with Crippen LogP contribution >= 0.6 is 24.4 Å². The molecule has 1 unspecified atom stereocenters. The van der Waals surface area contributed by atoms with Crippen LogP contribution in [0.4, 0.5) is 4.79 Å². The van der Waals surface area contributed by atoms with Crippen molar-refractivity contribution in [3.8, 4) is 0 Å². The highest BCUT2D eigenvalue weighted by atomic mass is 32.2. The zero-order chi connectivity index (χ0) is 12.4. The Morgan fingerprint density at radius 3 is 3.06 bits per heavy atom. The first-order chi connectivity index (χ1) is 8.08. The molecule has 0 aromatic carbocycles. The number of carbonyl (C=O) groups is 2. The van der Waals surface area contributed by atoms with Crippen molar-refractivity contribution in [3.63, 3.8) is 0 Å². The van der Waals surface area contributed by atoms with Crippen LogP contribution in [0.15, 0.2) is 0 Å². The second kappa shape index (κ2) is 5.39. The van der Waals surface area contributed by atoms with Gasteiger partial charge in [0.05, 0.1) is 17.3 Å². The quantitative estimate of drug-likeness (QED) is 0.440. The molecule has 0 spiro atoms. The Morgan fingerprint density at radius 2 is 2.35 bits per heavy atom. The Labute approximate surface area is 110 Å². The predicted octanol–water partition coefficient (Wildman–Crippen LogP) is 0.705. The number of aliphatic carboxylic acids is 1. The van der Waals surface area contributed by atoms with E-state index in [0.29, 0.717) is 11.7 Å². The number of carbonyl (C=O) groups excluding carboxylic acids is 1. The van der Waals surface area contributed by atoms with Crippen LogP contribution in [0.1, 0.15) is 19.3 Å². The van der Waals surface area contributed by atoms with E-state index < -0.39 is 11.2 Å². The molecule has 2 aliphatic rings. The number of hydrogen-bond donors (Lipinski definition) is 4. The Kier molecular flexibility index (Phi) is 4.09. The maximum absolute atomic E-state index is 11.2. The first kappa shape index (κ1) is 12.9. The SMILES string of the molecule is O=C1N[C@H]2[C@H](CS[C@H]2CCCC(S)C(=O)O)N1. The Bertz CT molecular complexity index is 327. The monoisotopic (exact) mass is 276 g/mol. The highest BCUT2D eigenvalue weighted by Crippen LogP contribution is 2.33. The van der Waals surface area contributed by atoms with Crippen molar-refractivity contribution in [1.29, 1.82) is 0 Å². The molecular weight excluding hydrogens is 260 g/mol. The zero-order valence-corrected chi connectivity index (χ0v) is 11.0. The van der Waals surface area contributed by atoms with Crippen LogP contribution in [-0.2, 0) is 4.79 Å². The second-order valence-electron chi connectivity index (χ2n) is 4.41. The lowest BCUT2D eigenvalue weighted by atomic mass is 10.0. The minimum Gasteiger partial charge on any atom is -0.480 e. The molecule has 96 valence electrons. The first-order valence-electron chi connectivity index (χ1n) is 5.67. The van der Waals surface area contributed by atoms with Gasteiger partial charge in [-0.25, -0.2) is 4.79 Å². The fourth-order valence-corrected chi connectivity index (χ4v) is 4.01. The highest BCUT2D eigenvalue weighted by molar-refractivity contribution is 8.00. The topological polar surface area (TPSA) is 78.4 Å². The van der Waals surface area contributed by atoms with E-state index in [9.17, 15) is 9.59 Å². The molecule has 3 N–H and O–H groups in total. The summed E-state index contributed by atoms with van der Waals surface area (Å²) in [5.74, 6) is 0.0817. The van der Waals surface area contributed by atoms with Crippen LogP contribution in [0, 0.1) is 0 Å². The van der Waals surface area contributed by atoms with Crippen molar-refractivity contribution in [2.24, 2.45) is 0 Å². The largest absolute Gasteiger partial charge is 0.480 e. The fraction of sp³-hybridized carbons (Fsp3) is 0.800. The molecule has 2 saturated heterocycles. The predicted molar refractivity (Wildman–Crippen MR) is 69.8 cm³/mol. The van der Waals surface area contributed by atoms with Crippen molar-refractivity contribution in [1.82, 2.24) is 10.6 Å². The van der Waals surface area contributed by atoms with Gasteiger partial charge in [0.15, 0.2) is 0 Å². The minimum absolute atomic E-state index is 0.0806. The number of thiol groups is 1. The summed E-state index contributed by atoms with van der Waals surface area (Å²) in [7, 11) is 0. The smallest absolute Gasteiger partial charge is 0.316 e. The molecule has 0 bridgehead atoms. The molecule has 0 saturated carbocycles. The van der Waals surface area contributed by atoms with Gasteiger partial charge in [-0.05, 0) is 12.8 Å². The number of nitrogens with one attached hydrogen (secondary N) is 2. The molecule has 0 aromatic rings. The maximum atomic E-state index is 11.2. The van der Waals surface area contributed by atoms with Crippen molar-refractivity contribution in [2.75, 3.05) is 5.75 Å². The van der Waals surface area contributed by atoms with Gasteiger partial charge in [-0.3, -0.25) is 4.79 Å². The lowest BCUT2D eigenvalue weighted by Crippen LogP contribution is -2.36. The molecule has 2 aliphatic heterocycles. The molecule has 2 rings (SSSR count). The molecule has 7 heteroatoms. The van der Waals surface area contributed by atoms with Crippen LogP contribution < -0.4 is 10.6 Å². The summed E-state index contributed by atoms with van der Waals surface area (Å²) >= 11 is 5.85. The summed E-state index contributed by atoms with van der Waals surface area (Å²) in [6.45, 7) is 0. The Hall–Kier alpha value is -0.560. The van der Waals surface area contributed by atoms with Crippen molar-refractivity contribution in [3.05, 3.63) is 0 Å². The van der Waals surface area contributed by atoms with Gasteiger partial charge >= 0.3 is 12.0 Å². The number of rotatable bonds is 5. The minimum atomic E-state index is -0.860. The van der Waals surface area contributed by atoms with Crippen molar-refractivity contribution in [2.45, 2.75) is 41.8 Å². The molecule has 2 fully saturated rings. The van der Waals surface area contributed by atoms with Crippen molar-refractivity contribution < 1.29 is 14.7 Å². The summed E-state index contributed by atoms with van der Waals surface area (Å²) in [4.78, 5) is 21.8. The molecule has 2 heterocycles. The number of carboxylic acids is 1. The third kappa shape index (κ3) is 3.01. The third-order valence-electron chi connectivity index (χ3n) is 3.19. The number of thioether (sulfide) groups is 1. The van der Waals surface area contributed by atoms with Gasteiger partial charge in [-0.2, -0.15) is 24.4 Å². The van der Waals surface area contributed by atoms with Gasteiger partial charge < -0.3 is 15.7 Å². The van der Waals surface area contributed by atoms with Crippen molar-refractivity contribution >= 4 is 36.4 Å². The van der Waals surface area contributed by atoms with E-state index in [1.54, 1.807) is 0 Å². The molecule has 17 heavy (non-hydrogen) atoms. The molecule has 5 nitrogen and oxygen atoms in total. The van der Waals surface area contributed by atoms with Gasteiger partial charge in [0.25, 0.3) is 0 Å². The van der Waals surface area contributed by atoms with Crippen LogP contribution in [0.2, 0.25) is 0 Å². The summed E-state index contributed by atoms with van der Waals surface area (Å²) in [5.41, 5.74) is 0. The average molecular weight is 276 g/mol. The zero-order valence-electron chi connectivity index (χ0n) is 9.26. The van der Waals surface area contributed by atoms with E-state index in [1.165, 1.54) is 0 Å². The average Bonchev–Trinajstić information content (AvgIpc) is 2.78. The van der Waals surface area contributed by atoms with Gasteiger partial charge in [0.1, 0.15) is 0 Å². The number of fused-ring (bicyclic) bond motifs is 1. The van der Waals surface area contributed by atoms with Crippen LogP contribution in [-0.4, -0.2) is 45.4 Å². The summed E-state index contributed by atoms with van der Waals surface area (Å²) in [6, 6.07) is 0.363. The summed E-state index contributed by atoms with van der Waals surface area (Å²) < 4.78 is 0. The maximum Gasteiger partial charge on any atom is 0.316 e. The molecule has 2 amide bonds. The molecule has 0 aliphatic carbocycles. The van der Waals surface area contributed by atoms with Gasteiger partial charge in [0, 0.05) is 11.0 Å². The number of amides is 2. The molecule has 4 atom stereocenters. The van der Waals surface area contributed by atoms with Gasteiger partial charge in [-0.15, -0.1) is 0 Å². The van der Waals surface area contributed by atoms with Gasteiger partial charge in [0.2, 0.25) is 0 Å². The lowest BCUT2D eigenvalue weighted by molar-refractivity contribution is -0.136. The molecule has 0 radical (unpaired) electrons. The highest BCUT2D eigenvalue weighted by Gasteiger charge is 2.42. The summed E-state index contributed by atoms with van der Waals surface area (Å²) in [5, 5.41) is 14.3. The fourth-order valence-electron chi connectivity index (χ4n) is 2.28. The number of carboxylic acid groups (broad SMARTS) is 1. The van der Waals surface area contributed by atoms with E-state index in [1.807, 2.05) is 11.8 Å². The number of hydrogen-bond acceptors (Lipinski definition) is 4. The third-order valence-corrected chi connectivity index (χ3v) is 5.18. The lowest BCUT2D eigenvalue weighted by Gasteiger charge is -2.16. The van der Waals surface area contributed by atoms with E-state index in [-0.39, 0.29) is 18.1 Å². The molecule has 0 aromatic heterocycles.